The summed E-state index contributed by atoms with van der Waals surface area (Å²) in [6.07, 6.45) is 1.39. The Morgan fingerprint density at radius 2 is 1.82 bits per heavy atom. The minimum Gasteiger partial charge on any atom is -0.484 e. The molecule has 0 aliphatic rings. The van der Waals surface area contributed by atoms with Crippen LogP contribution in [-0.4, -0.2) is 35.9 Å². The zero-order chi connectivity index (χ0) is 20.4. The molecule has 0 bridgehead atoms. The predicted molar refractivity (Wildman–Crippen MR) is 111 cm³/mol. The van der Waals surface area contributed by atoms with Crippen LogP contribution in [0.5, 0.6) is 5.75 Å². The minimum atomic E-state index is -0.527. The van der Waals surface area contributed by atoms with Gasteiger partial charge in [-0.1, -0.05) is 56.3 Å². The Bertz CT molecular complexity index is 761. The summed E-state index contributed by atoms with van der Waals surface area (Å²) in [6, 6.07) is 16.8. The topological polar surface area (TPSA) is 58.6 Å². The lowest BCUT2D eigenvalue weighted by Gasteiger charge is -2.30. The van der Waals surface area contributed by atoms with Crippen molar-refractivity contribution in [2.24, 2.45) is 0 Å². The standard InChI is InChI=1S/C23H30N2O3/c1-4-14-24-23(27)21(5-2)25(16-19-11-7-6-8-12-19)22(26)17-28-20-13-9-10-18(3)15-20/h6-13,15,21H,4-5,14,16-17H2,1-3H3,(H,24,27). The fourth-order valence-electron chi connectivity index (χ4n) is 3.00. The molecule has 0 aliphatic carbocycles. The molecular formula is C23H30N2O3. The number of nitrogens with one attached hydrogen (secondary N) is 1. The van der Waals surface area contributed by atoms with Crippen molar-refractivity contribution in [3.8, 4) is 5.75 Å². The van der Waals surface area contributed by atoms with Gasteiger partial charge in [0.15, 0.2) is 6.61 Å². The van der Waals surface area contributed by atoms with Gasteiger partial charge in [-0.25, -0.2) is 0 Å². The van der Waals surface area contributed by atoms with Crippen LogP contribution in [0, 0.1) is 6.92 Å². The van der Waals surface area contributed by atoms with E-state index in [1.54, 1.807) is 4.90 Å². The fourth-order valence-corrected chi connectivity index (χ4v) is 3.00. The second-order valence-corrected chi connectivity index (χ2v) is 6.83. The molecule has 2 amide bonds. The molecule has 1 atom stereocenters. The van der Waals surface area contributed by atoms with Gasteiger partial charge in [0, 0.05) is 13.1 Å². The third kappa shape index (κ3) is 6.41. The number of hydrogen-bond acceptors (Lipinski definition) is 3. The summed E-state index contributed by atoms with van der Waals surface area (Å²) in [4.78, 5) is 27.3. The SMILES string of the molecule is CCCNC(=O)C(CC)N(Cc1ccccc1)C(=O)COc1cccc(C)c1. The van der Waals surface area contributed by atoms with Gasteiger partial charge in [0.1, 0.15) is 11.8 Å². The normalized spacial score (nSPS) is 11.5. The number of hydrogen-bond donors (Lipinski definition) is 1. The zero-order valence-corrected chi connectivity index (χ0v) is 17.0. The first-order valence-corrected chi connectivity index (χ1v) is 9.85. The molecule has 150 valence electrons. The average Bonchev–Trinajstić information content (AvgIpc) is 2.71. The number of ether oxygens (including phenoxy) is 1. The van der Waals surface area contributed by atoms with Crippen molar-refractivity contribution in [3.05, 3.63) is 65.7 Å². The number of benzene rings is 2. The van der Waals surface area contributed by atoms with Crippen LogP contribution in [-0.2, 0) is 16.1 Å². The first kappa shape index (κ1) is 21.5. The van der Waals surface area contributed by atoms with E-state index in [9.17, 15) is 9.59 Å². The summed E-state index contributed by atoms with van der Waals surface area (Å²) >= 11 is 0. The van der Waals surface area contributed by atoms with Crippen molar-refractivity contribution in [2.75, 3.05) is 13.2 Å². The molecule has 2 aromatic rings. The molecule has 0 aromatic heterocycles. The Hall–Kier alpha value is -2.82. The summed E-state index contributed by atoms with van der Waals surface area (Å²) in [6.45, 7) is 6.76. The molecule has 5 heteroatoms. The van der Waals surface area contributed by atoms with Gasteiger partial charge in [-0.05, 0) is 43.0 Å². The van der Waals surface area contributed by atoms with Crippen LogP contribution in [0.1, 0.15) is 37.8 Å². The molecule has 0 fully saturated rings. The lowest BCUT2D eigenvalue weighted by atomic mass is 10.1. The minimum absolute atomic E-state index is 0.103. The Morgan fingerprint density at radius 3 is 2.46 bits per heavy atom. The van der Waals surface area contributed by atoms with Gasteiger partial charge in [0.2, 0.25) is 5.91 Å². The van der Waals surface area contributed by atoms with Gasteiger partial charge in [-0.15, -0.1) is 0 Å². The zero-order valence-electron chi connectivity index (χ0n) is 17.0. The van der Waals surface area contributed by atoms with E-state index in [2.05, 4.69) is 5.32 Å². The largest absolute Gasteiger partial charge is 0.484 e. The van der Waals surface area contributed by atoms with E-state index in [-0.39, 0.29) is 18.4 Å². The summed E-state index contributed by atoms with van der Waals surface area (Å²) in [5.41, 5.74) is 2.05. The molecule has 0 radical (unpaired) electrons. The number of aryl methyl sites for hydroxylation is 1. The number of nitrogens with zero attached hydrogens (tertiary/aromatic N) is 1. The first-order valence-electron chi connectivity index (χ1n) is 9.85. The van der Waals surface area contributed by atoms with Gasteiger partial charge in [-0.2, -0.15) is 0 Å². The summed E-state index contributed by atoms with van der Waals surface area (Å²) in [5, 5.41) is 2.91. The van der Waals surface area contributed by atoms with Crippen LogP contribution < -0.4 is 10.1 Å². The van der Waals surface area contributed by atoms with Crippen LogP contribution in [0.15, 0.2) is 54.6 Å². The van der Waals surface area contributed by atoms with Gasteiger partial charge < -0.3 is 15.0 Å². The molecular weight excluding hydrogens is 352 g/mol. The van der Waals surface area contributed by atoms with Crippen molar-refractivity contribution >= 4 is 11.8 Å². The lowest BCUT2D eigenvalue weighted by Crippen LogP contribution is -2.50. The number of carbonyl (C=O) groups is 2. The van der Waals surface area contributed by atoms with E-state index in [0.29, 0.717) is 25.3 Å². The third-order valence-electron chi connectivity index (χ3n) is 4.48. The van der Waals surface area contributed by atoms with Crippen LogP contribution in [0.3, 0.4) is 0 Å². The highest BCUT2D eigenvalue weighted by atomic mass is 16.5. The van der Waals surface area contributed by atoms with E-state index in [4.69, 9.17) is 4.74 Å². The van der Waals surface area contributed by atoms with E-state index in [1.807, 2.05) is 75.4 Å². The highest BCUT2D eigenvalue weighted by Crippen LogP contribution is 2.15. The number of carbonyl (C=O) groups excluding carboxylic acids is 2. The molecule has 0 saturated carbocycles. The van der Waals surface area contributed by atoms with Gasteiger partial charge in [0.25, 0.3) is 5.91 Å². The molecule has 2 rings (SSSR count). The Kier molecular flexibility index (Phi) is 8.53. The molecule has 0 aliphatic heterocycles. The monoisotopic (exact) mass is 382 g/mol. The Morgan fingerprint density at radius 1 is 1.07 bits per heavy atom. The number of rotatable bonds is 10. The summed E-state index contributed by atoms with van der Waals surface area (Å²) in [5.74, 6) is 0.324. The van der Waals surface area contributed by atoms with Crippen molar-refractivity contribution in [3.63, 3.8) is 0 Å². The third-order valence-corrected chi connectivity index (χ3v) is 4.48. The van der Waals surface area contributed by atoms with Crippen LogP contribution in [0.2, 0.25) is 0 Å². The second kappa shape index (κ2) is 11.1. The van der Waals surface area contributed by atoms with Crippen LogP contribution in [0.25, 0.3) is 0 Å². The first-order chi connectivity index (χ1) is 13.5. The van der Waals surface area contributed by atoms with Crippen molar-refractivity contribution in [1.82, 2.24) is 10.2 Å². The van der Waals surface area contributed by atoms with E-state index < -0.39 is 6.04 Å². The second-order valence-electron chi connectivity index (χ2n) is 6.83. The van der Waals surface area contributed by atoms with Crippen molar-refractivity contribution in [1.29, 1.82) is 0 Å². The van der Waals surface area contributed by atoms with E-state index in [0.717, 1.165) is 17.5 Å². The smallest absolute Gasteiger partial charge is 0.261 e. The predicted octanol–water partition coefficient (Wildman–Crippen LogP) is 3.71. The fraction of sp³-hybridized carbons (Fsp3) is 0.391. The maximum Gasteiger partial charge on any atom is 0.261 e. The molecule has 2 aromatic carbocycles. The van der Waals surface area contributed by atoms with Crippen molar-refractivity contribution < 1.29 is 14.3 Å². The van der Waals surface area contributed by atoms with Gasteiger partial charge in [-0.3, -0.25) is 9.59 Å². The maximum absolute atomic E-state index is 13.0. The molecule has 5 nitrogen and oxygen atoms in total. The Labute approximate surface area is 167 Å². The summed E-state index contributed by atoms with van der Waals surface area (Å²) < 4.78 is 5.70. The highest BCUT2D eigenvalue weighted by molar-refractivity contribution is 5.88. The molecule has 0 heterocycles. The molecule has 28 heavy (non-hydrogen) atoms. The lowest BCUT2D eigenvalue weighted by molar-refractivity contribution is -0.143. The average molecular weight is 383 g/mol. The highest BCUT2D eigenvalue weighted by Gasteiger charge is 2.28. The van der Waals surface area contributed by atoms with E-state index >= 15 is 0 Å². The van der Waals surface area contributed by atoms with Crippen LogP contribution >= 0.6 is 0 Å². The molecule has 1 N–H and O–H groups in total. The number of amides is 2. The van der Waals surface area contributed by atoms with Crippen LogP contribution in [0.4, 0.5) is 0 Å². The van der Waals surface area contributed by atoms with Gasteiger partial charge in [0.05, 0.1) is 0 Å². The molecule has 0 spiro atoms. The molecule has 0 saturated heterocycles. The Balaban J connectivity index is 2.15. The molecule has 1 unspecified atom stereocenters. The van der Waals surface area contributed by atoms with Gasteiger partial charge >= 0.3 is 0 Å². The van der Waals surface area contributed by atoms with E-state index in [1.165, 1.54) is 0 Å². The van der Waals surface area contributed by atoms with Crippen molar-refractivity contribution in [2.45, 2.75) is 46.2 Å². The quantitative estimate of drug-likeness (QED) is 0.681. The maximum atomic E-state index is 13.0. The summed E-state index contributed by atoms with van der Waals surface area (Å²) in [7, 11) is 0.